The number of carbonyl (C=O) groups excluding carboxylic acids is 1. The number of aromatic carboxylic acids is 1. The summed E-state index contributed by atoms with van der Waals surface area (Å²) in [6.07, 6.45) is 1.60. The van der Waals surface area contributed by atoms with Crippen LogP contribution in [0, 0.1) is 0 Å². The van der Waals surface area contributed by atoms with E-state index in [1.54, 1.807) is 68.5 Å². The van der Waals surface area contributed by atoms with Gasteiger partial charge in [-0.1, -0.05) is 53.3 Å². The van der Waals surface area contributed by atoms with E-state index in [2.05, 4.69) is 4.99 Å². The molecule has 0 saturated heterocycles. The fourth-order valence-corrected chi connectivity index (χ4v) is 5.57. The van der Waals surface area contributed by atoms with Gasteiger partial charge in [-0.3, -0.25) is 9.36 Å². The van der Waals surface area contributed by atoms with Gasteiger partial charge in [-0.2, -0.15) is 0 Å². The van der Waals surface area contributed by atoms with Crippen molar-refractivity contribution in [2.45, 2.75) is 19.9 Å². The molecule has 0 aliphatic carbocycles. The number of carboxylic acids is 1. The van der Waals surface area contributed by atoms with Crippen molar-refractivity contribution in [3.63, 3.8) is 0 Å². The number of hydrogen-bond acceptors (Lipinski definition) is 7. The number of halogens is 1. The summed E-state index contributed by atoms with van der Waals surface area (Å²) < 4.78 is 13.0. The predicted octanol–water partition coefficient (Wildman–Crippen LogP) is 4.41. The predicted molar refractivity (Wildman–Crippen MR) is 143 cm³/mol. The number of fused-ring (bicyclic) bond motifs is 1. The Morgan fingerprint density at radius 3 is 2.71 bits per heavy atom. The van der Waals surface area contributed by atoms with Gasteiger partial charge in [-0.25, -0.2) is 14.6 Å². The lowest BCUT2D eigenvalue weighted by molar-refractivity contribution is -0.139. The molecule has 10 heteroatoms. The van der Waals surface area contributed by atoms with Crippen LogP contribution < -0.4 is 14.9 Å². The molecule has 1 aliphatic heterocycles. The topological polar surface area (TPSA) is 111 Å². The first-order valence-corrected chi connectivity index (χ1v) is 12.9. The summed E-state index contributed by atoms with van der Waals surface area (Å²) in [6.45, 7) is 3.59. The smallest absolute Gasteiger partial charge is 0.338 e. The molecule has 192 valence electrons. The van der Waals surface area contributed by atoms with Gasteiger partial charge in [0.25, 0.3) is 5.56 Å². The average molecular weight is 549 g/mol. The Bertz CT molecular complexity index is 1800. The Morgan fingerprint density at radius 2 is 1.97 bits per heavy atom. The molecule has 0 unspecified atom stereocenters. The molecule has 1 N–H and O–H groups in total. The van der Waals surface area contributed by atoms with Crippen molar-refractivity contribution < 1.29 is 23.8 Å². The largest absolute Gasteiger partial charge is 0.478 e. The highest BCUT2D eigenvalue weighted by molar-refractivity contribution is 7.07. The number of carboxylic acid groups (broad SMARTS) is 1. The molecular weight excluding hydrogens is 528 g/mol. The van der Waals surface area contributed by atoms with E-state index in [1.807, 2.05) is 0 Å². The molecule has 1 aliphatic rings. The molecule has 0 fully saturated rings. The number of rotatable bonds is 6. The molecule has 4 aromatic rings. The molecule has 5 rings (SSSR count). The summed E-state index contributed by atoms with van der Waals surface area (Å²) in [5.74, 6) is -0.736. The zero-order valence-corrected chi connectivity index (χ0v) is 21.9. The van der Waals surface area contributed by atoms with Crippen LogP contribution in [0.5, 0.6) is 0 Å². The summed E-state index contributed by atoms with van der Waals surface area (Å²) in [6, 6.07) is 16.0. The second-order valence-electron chi connectivity index (χ2n) is 8.41. The first kappa shape index (κ1) is 25.4. The molecule has 3 heterocycles. The Labute approximate surface area is 225 Å². The molecule has 2 aromatic carbocycles. The van der Waals surface area contributed by atoms with Crippen molar-refractivity contribution in [3.05, 3.63) is 114 Å². The third kappa shape index (κ3) is 4.62. The number of carbonyl (C=O) groups is 2. The monoisotopic (exact) mass is 548 g/mol. The second-order valence-corrected chi connectivity index (χ2v) is 9.83. The SMILES string of the molecule is CCOC(=O)C1=C(C)N=c2s/c(=C\c3ccc(-c4cccc(C(=O)O)c4)o3)c(=O)n2[C@H]1c1ccccc1Cl. The van der Waals surface area contributed by atoms with Gasteiger partial charge in [0.05, 0.1) is 28.0 Å². The number of nitrogens with zero attached hydrogens (tertiary/aromatic N) is 2. The van der Waals surface area contributed by atoms with Crippen LogP contribution in [0.4, 0.5) is 0 Å². The first-order chi connectivity index (χ1) is 18.3. The summed E-state index contributed by atoms with van der Waals surface area (Å²) in [4.78, 5) is 43.0. The van der Waals surface area contributed by atoms with Crippen LogP contribution in [-0.2, 0) is 9.53 Å². The Morgan fingerprint density at radius 1 is 1.18 bits per heavy atom. The molecular formula is C28H21ClN2O6S. The zero-order chi connectivity index (χ0) is 27.0. The fraction of sp³-hybridized carbons (Fsp3) is 0.143. The van der Waals surface area contributed by atoms with Crippen molar-refractivity contribution in [2.24, 2.45) is 4.99 Å². The fourth-order valence-electron chi connectivity index (χ4n) is 4.30. The van der Waals surface area contributed by atoms with E-state index >= 15 is 0 Å². The van der Waals surface area contributed by atoms with Gasteiger partial charge in [0, 0.05) is 16.7 Å². The van der Waals surface area contributed by atoms with E-state index in [0.29, 0.717) is 42.7 Å². The number of thiazole rings is 1. The lowest BCUT2D eigenvalue weighted by Crippen LogP contribution is -2.40. The van der Waals surface area contributed by atoms with Crippen molar-refractivity contribution in [1.82, 2.24) is 4.57 Å². The third-order valence-corrected chi connectivity index (χ3v) is 7.34. The van der Waals surface area contributed by atoms with Crippen LogP contribution >= 0.6 is 22.9 Å². The van der Waals surface area contributed by atoms with Crippen LogP contribution in [0.25, 0.3) is 17.4 Å². The Kier molecular flexibility index (Phi) is 6.88. The lowest BCUT2D eigenvalue weighted by Gasteiger charge is -2.25. The highest BCUT2D eigenvalue weighted by Gasteiger charge is 2.34. The molecule has 38 heavy (non-hydrogen) atoms. The second kappa shape index (κ2) is 10.3. The minimum Gasteiger partial charge on any atom is -0.478 e. The van der Waals surface area contributed by atoms with Crippen LogP contribution in [0.3, 0.4) is 0 Å². The minimum atomic E-state index is -1.04. The Hall–Kier alpha value is -4.21. The number of allylic oxidation sites excluding steroid dienone is 1. The number of esters is 1. The van der Waals surface area contributed by atoms with Crippen molar-refractivity contribution >= 4 is 41.0 Å². The van der Waals surface area contributed by atoms with E-state index in [4.69, 9.17) is 20.8 Å². The minimum absolute atomic E-state index is 0.140. The highest BCUT2D eigenvalue weighted by atomic mass is 35.5. The first-order valence-electron chi connectivity index (χ1n) is 11.7. The molecule has 0 bridgehead atoms. The highest BCUT2D eigenvalue weighted by Crippen LogP contribution is 2.34. The number of benzene rings is 2. The maximum atomic E-state index is 13.7. The zero-order valence-electron chi connectivity index (χ0n) is 20.3. The standard InChI is InChI=1S/C28H21ClN2O6S/c1-3-36-27(35)23-15(2)30-28-31(24(23)19-9-4-5-10-20(19)29)25(32)22(38-28)14-18-11-12-21(37-18)16-7-6-8-17(13-16)26(33)34/h4-14,24H,3H2,1-2H3,(H,33,34)/b22-14-/t24-/m0/s1. The normalized spacial score (nSPS) is 15.2. The van der Waals surface area contributed by atoms with Gasteiger partial charge in [0.15, 0.2) is 4.80 Å². The quantitative estimate of drug-likeness (QED) is 0.357. The van der Waals surface area contributed by atoms with Crippen LogP contribution in [0.2, 0.25) is 5.02 Å². The number of hydrogen-bond donors (Lipinski definition) is 1. The molecule has 0 spiro atoms. The van der Waals surface area contributed by atoms with E-state index in [1.165, 1.54) is 16.7 Å². The van der Waals surface area contributed by atoms with E-state index in [9.17, 15) is 19.5 Å². The van der Waals surface area contributed by atoms with Crippen molar-refractivity contribution in [3.8, 4) is 11.3 Å². The van der Waals surface area contributed by atoms with Crippen molar-refractivity contribution in [2.75, 3.05) is 6.61 Å². The van der Waals surface area contributed by atoms with E-state index in [-0.39, 0.29) is 23.3 Å². The summed E-state index contributed by atoms with van der Waals surface area (Å²) in [7, 11) is 0. The molecule has 0 amide bonds. The van der Waals surface area contributed by atoms with Crippen molar-refractivity contribution in [1.29, 1.82) is 0 Å². The van der Waals surface area contributed by atoms with Crippen LogP contribution in [0.15, 0.2) is 86.1 Å². The van der Waals surface area contributed by atoms with Gasteiger partial charge >= 0.3 is 11.9 Å². The third-order valence-electron chi connectivity index (χ3n) is 6.01. The number of furan rings is 1. The average Bonchev–Trinajstić information content (AvgIpc) is 3.48. The molecule has 1 atom stereocenters. The van der Waals surface area contributed by atoms with E-state index < -0.39 is 18.0 Å². The van der Waals surface area contributed by atoms with E-state index in [0.717, 1.165) is 11.3 Å². The maximum Gasteiger partial charge on any atom is 0.338 e. The van der Waals surface area contributed by atoms with Gasteiger partial charge < -0.3 is 14.3 Å². The number of aromatic nitrogens is 1. The molecule has 8 nitrogen and oxygen atoms in total. The molecule has 2 aromatic heterocycles. The van der Waals surface area contributed by atoms with Gasteiger partial charge in [0.1, 0.15) is 17.6 Å². The Balaban J connectivity index is 1.63. The summed E-state index contributed by atoms with van der Waals surface area (Å²) >= 11 is 7.69. The van der Waals surface area contributed by atoms with Gasteiger partial charge in [-0.15, -0.1) is 0 Å². The molecule has 0 radical (unpaired) electrons. The maximum absolute atomic E-state index is 13.7. The van der Waals surface area contributed by atoms with Crippen LogP contribution in [0.1, 0.15) is 41.6 Å². The summed E-state index contributed by atoms with van der Waals surface area (Å²) in [5.41, 5.74) is 1.65. The van der Waals surface area contributed by atoms with Gasteiger partial charge in [-0.05, 0) is 49.7 Å². The lowest BCUT2D eigenvalue weighted by atomic mass is 9.96. The molecule has 0 saturated carbocycles. The number of ether oxygens (including phenoxy) is 1. The van der Waals surface area contributed by atoms with Crippen LogP contribution in [-0.4, -0.2) is 28.2 Å². The summed E-state index contributed by atoms with van der Waals surface area (Å²) in [5, 5.41) is 9.67. The van der Waals surface area contributed by atoms with Gasteiger partial charge in [0.2, 0.25) is 0 Å².